The molecule has 1 saturated heterocycles. The number of fused-ring (bicyclic) bond motifs is 1. The SMILES string of the molecule is CCC1OC(n2ncc3c(=O)[nH]c(/N=C/N(C)C)nc32)CC1O. The van der Waals surface area contributed by atoms with E-state index in [4.69, 9.17) is 4.74 Å². The van der Waals surface area contributed by atoms with Crippen molar-refractivity contribution < 1.29 is 9.84 Å². The van der Waals surface area contributed by atoms with Crippen LogP contribution in [0.3, 0.4) is 0 Å². The Morgan fingerprint density at radius 1 is 1.61 bits per heavy atom. The van der Waals surface area contributed by atoms with Crippen molar-refractivity contribution >= 4 is 23.3 Å². The molecule has 0 spiro atoms. The maximum atomic E-state index is 12.1. The third-order valence-corrected chi connectivity index (χ3v) is 3.74. The van der Waals surface area contributed by atoms with Gasteiger partial charge < -0.3 is 14.7 Å². The summed E-state index contributed by atoms with van der Waals surface area (Å²) in [6.45, 7) is 1.95. The minimum Gasteiger partial charge on any atom is -0.390 e. The number of nitrogens with zero attached hydrogens (tertiary/aromatic N) is 5. The molecule has 0 amide bonds. The summed E-state index contributed by atoms with van der Waals surface area (Å²) in [4.78, 5) is 24.9. The summed E-state index contributed by atoms with van der Waals surface area (Å²) < 4.78 is 7.34. The topological polar surface area (TPSA) is 109 Å². The lowest BCUT2D eigenvalue weighted by molar-refractivity contribution is -0.0232. The maximum Gasteiger partial charge on any atom is 0.263 e. The van der Waals surface area contributed by atoms with Crippen LogP contribution >= 0.6 is 0 Å². The van der Waals surface area contributed by atoms with Crippen LogP contribution in [-0.2, 0) is 4.74 Å². The zero-order chi connectivity index (χ0) is 16.6. The summed E-state index contributed by atoms with van der Waals surface area (Å²) in [5.74, 6) is 0.198. The van der Waals surface area contributed by atoms with E-state index >= 15 is 0 Å². The van der Waals surface area contributed by atoms with Gasteiger partial charge in [0.1, 0.15) is 5.39 Å². The second-order valence-electron chi connectivity index (χ2n) is 5.76. The van der Waals surface area contributed by atoms with Crippen LogP contribution < -0.4 is 5.56 Å². The average Bonchev–Trinajstić information content (AvgIpc) is 3.08. The summed E-state index contributed by atoms with van der Waals surface area (Å²) in [5.41, 5.74) is 0.0892. The largest absolute Gasteiger partial charge is 0.390 e. The van der Waals surface area contributed by atoms with Crippen molar-refractivity contribution in [2.24, 2.45) is 4.99 Å². The van der Waals surface area contributed by atoms with Gasteiger partial charge in [0.15, 0.2) is 11.9 Å². The maximum absolute atomic E-state index is 12.1. The first-order chi connectivity index (χ1) is 11.0. The Bertz CT molecular complexity index is 780. The highest BCUT2D eigenvalue weighted by atomic mass is 16.5. The molecule has 2 aromatic rings. The number of nitrogens with one attached hydrogen (secondary N) is 1. The van der Waals surface area contributed by atoms with Crippen molar-refractivity contribution in [2.75, 3.05) is 14.1 Å². The molecule has 2 aromatic heterocycles. The van der Waals surface area contributed by atoms with E-state index in [9.17, 15) is 9.90 Å². The second-order valence-corrected chi connectivity index (χ2v) is 5.76. The predicted octanol–water partition coefficient (Wildman–Crippen LogP) is 0.399. The van der Waals surface area contributed by atoms with Gasteiger partial charge in [-0.3, -0.25) is 9.78 Å². The van der Waals surface area contributed by atoms with Gasteiger partial charge in [-0.25, -0.2) is 9.67 Å². The van der Waals surface area contributed by atoms with E-state index in [0.29, 0.717) is 23.9 Å². The number of aromatic nitrogens is 4. The number of aliphatic imine (C=N–C) groups is 1. The van der Waals surface area contributed by atoms with Gasteiger partial charge >= 0.3 is 0 Å². The smallest absolute Gasteiger partial charge is 0.263 e. The summed E-state index contributed by atoms with van der Waals surface area (Å²) in [6, 6.07) is 0. The van der Waals surface area contributed by atoms with E-state index in [2.05, 4.69) is 20.1 Å². The third kappa shape index (κ3) is 2.97. The zero-order valence-corrected chi connectivity index (χ0v) is 13.3. The molecule has 2 N–H and O–H groups in total. The molecule has 1 aliphatic rings. The van der Waals surface area contributed by atoms with E-state index < -0.39 is 12.3 Å². The molecule has 9 nitrogen and oxygen atoms in total. The van der Waals surface area contributed by atoms with Gasteiger partial charge in [-0.05, 0) is 6.42 Å². The van der Waals surface area contributed by atoms with Gasteiger partial charge in [-0.15, -0.1) is 0 Å². The van der Waals surface area contributed by atoms with Gasteiger partial charge in [0.05, 0.1) is 24.7 Å². The Balaban J connectivity index is 2.00. The van der Waals surface area contributed by atoms with Crippen molar-refractivity contribution in [3.05, 3.63) is 16.6 Å². The van der Waals surface area contributed by atoms with Gasteiger partial charge in [0, 0.05) is 20.5 Å². The Hall–Kier alpha value is -2.26. The minimum atomic E-state index is -0.544. The number of rotatable bonds is 4. The van der Waals surface area contributed by atoms with E-state index in [0.717, 1.165) is 0 Å². The molecule has 23 heavy (non-hydrogen) atoms. The van der Waals surface area contributed by atoms with Gasteiger partial charge in [-0.2, -0.15) is 10.1 Å². The molecule has 3 atom stereocenters. The molecule has 3 unspecified atom stereocenters. The molecule has 0 aromatic carbocycles. The summed E-state index contributed by atoms with van der Waals surface area (Å²) >= 11 is 0. The lowest BCUT2D eigenvalue weighted by Gasteiger charge is -2.13. The standard InChI is InChI=1S/C14H20N6O3/c1-4-10-9(21)5-11(23-10)20-12-8(6-16-20)13(22)18-14(17-12)15-7-19(2)3/h6-7,9-11,21H,4-5H2,1-3H3,(H,17,18,22)/b15-7+. The van der Waals surface area contributed by atoms with E-state index in [1.165, 1.54) is 10.9 Å². The zero-order valence-electron chi connectivity index (χ0n) is 13.3. The molecule has 9 heteroatoms. The fourth-order valence-electron chi connectivity index (χ4n) is 2.60. The number of aliphatic hydroxyl groups is 1. The van der Waals surface area contributed by atoms with Crippen molar-refractivity contribution in [3.8, 4) is 0 Å². The molecule has 0 radical (unpaired) electrons. The Morgan fingerprint density at radius 2 is 2.39 bits per heavy atom. The molecule has 3 heterocycles. The quantitative estimate of drug-likeness (QED) is 0.623. The first-order valence-electron chi connectivity index (χ1n) is 7.51. The van der Waals surface area contributed by atoms with Crippen LogP contribution in [0.4, 0.5) is 5.95 Å². The van der Waals surface area contributed by atoms with E-state index in [1.807, 2.05) is 21.0 Å². The molecule has 1 fully saturated rings. The minimum absolute atomic E-state index is 0.198. The molecular weight excluding hydrogens is 300 g/mol. The summed E-state index contributed by atoms with van der Waals surface area (Å²) in [7, 11) is 3.64. The number of hydrogen-bond donors (Lipinski definition) is 2. The Labute approximate surface area is 132 Å². The molecule has 1 aliphatic heterocycles. The molecule has 0 bridgehead atoms. The van der Waals surface area contributed by atoms with Crippen molar-refractivity contribution in [2.45, 2.75) is 38.2 Å². The molecule has 3 rings (SSSR count). The number of aromatic amines is 1. The summed E-state index contributed by atoms with van der Waals surface area (Å²) in [5, 5.41) is 14.6. The monoisotopic (exact) mass is 320 g/mol. The highest BCUT2D eigenvalue weighted by Gasteiger charge is 2.35. The highest BCUT2D eigenvalue weighted by molar-refractivity contribution is 5.74. The number of ether oxygens (including phenoxy) is 1. The van der Waals surface area contributed by atoms with Crippen molar-refractivity contribution in [3.63, 3.8) is 0 Å². The van der Waals surface area contributed by atoms with Crippen LogP contribution in [0.15, 0.2) is 16.0 Å². The number of aliphatic hydroxyl groups excluding tert-OH is 1. The second kappa shape index (κ2) is 6.09. The van der Waals surface area contributed by atoms with Crippen LogP contribution in [-0.4, -0.2) is 62.4 Å². The number of H-pyrrole nitrogens is 1. The summed E-state index contributed by atoms with van der Waals surface area (Å²) in [6.07, 6.45) is 2.92. The van der Waals surface area contributed by atoms with Crippen molar-refractivity contribution in [1.29, 1.82) is 0 Å². The first kappa shape index (κ1) is 15.6. The molecule has 124 valence electrons. The van der Waals surface area contributed by atoms with Crippen LogP contribution in [0, 0.1) is 0 Å². The normalized spacial score (nSPS) is 24.8. The van der Waals surface area contributed by atoms with Gasteiger partial charge in [0.2, 0.25) is 5.95 Å². The average molecular weight is 320 g/mol. The molecular formula is C14H20N6O3. The lowest BCUT2D eigenvalue weighted by atomic mass is 10.1. The van der Waals surface area contributed by atoms with Crippen LogP contribution in [0.5, 0.6) is 0 Å². The van der Waals surface area contributed by atoms with Crippen LogP contribution in [0.25, 0.3) is 11.0 Å². The third-order valence-electron chi connectivity index (χ3n) is 3.74. The fourth-order valence-corrected chi connectivity index (χ4v) is 2.60. The molecule has 0 saturated carbocycles. The Morgan fingerprint density at radius 3 is 3.04 bits per heavy atom. The fraction of sp³-hybridized carbons (Fsp3) is 0.571. The van der Waals surface area contributed by atoms with Crippen LogP contribution in [0.1, 0.15) is 26.0 Å². The van der Waals surface area contributed by atoms with Crippen molar-refractivity contribution in [1.82, 2.24) is 24.6 Å². The number of hydrogen-bond acceptors (Lipinski definition) is 6. The van der Waals surface area contributed by atoms with Crippen LogP contribution in [0.2, 0.25) is 0 Å². The van der Waals surface area contributed by atoms with E-state index in [1.54, 1.807) is 11.2 Å². The van der Waals surface area contributed by atoms with E-state index in [-0.39, 0.29) is 17.6 Å². The molecule has 0 aliphatic carbocycles. The predicted molar refractivity (Wildman–Crippen MR) is 84.8 cm³/mol. The lowest BCUT2D eigenvalue weighted by Crippen LogP contribution is -2.19. The highest BCUT2D eigenvalue weighted by Crippen LogP contribution is 2.31. The van der Waals surface area contributed by atoms with Gasteiger partial charge in [0.25, 0.3) is 5.56 Å². The Kier molecular flexibility index (Phi) is 4.14. The first-order valence-corrected chi connectivity index (χ1v) is 7.51. The van der Waals surface area contributed by atoms with Gasteiger partial charge in [-0.1, -0.05) is 6.92 Å².